The maximum atomic E-state index is 10.9. The van der Waals surface area contributed by atoms with Crippen molar-refractivity contribution in [3.63, 3.8) is 0 Å². The van der Waals surface area contributed by atoms with E-state index in [1.165, 1.54) is 45.5 Å². The molecule has 2 aromatic carbocycles. The Morgan fingerprint density at radius 2 is 1.60 bits per heavy atom. The van der Waals surface area contributed by atoms with Gasteiger partial charge in [0.2, 0.25) is 5.91 Å². The third kappa shape index (κ3) is 4.98. The predicted octanol–water partition coefficient (Wildman–Crippen LogP) is 3.35. The standard InChI is InChI=1S/C10H12N2O4.C8H7N3O3/c1-6-4-9(12(14)15)10(16-3)5-8(6)11-7(2)13;1-14-8-3-6-5(4-9-10-6)2-7(8)11(12)13/h4-5H,1-3H3,(H,11,13);2-4H,1H3,(H,9,10). The molecule has 3 rings (SSSR count). The highest BCUT2D eigenvalue weighted by Gasteiger charge is 2.18. The highest BCUT2D eigenvalue weighted by Crippen LogP contribution is 2.33. The first kappa shape index (κ1) is 22.1. The largest absolute Gasteiger partial charge is 0.490 e. The molecule has 158 valence electrons. The van der Waals surface area contributed by atoms with Gasteiger partial charge in [0.15, 0.2) is 11.5 Å². The monoisotopic (exact) mass is 417 g/mol. The Bertz CT molecular complexity index is 1110. The van der Waals surface area contributed by atoms with Gasteiger partial charge in [-0.3, -0.25) is 30.1 Å². The second-order valence-corrected chi connectivity index (χ2v) is 6.02. The van der Waals surface area contributed by atoms with Gasteiger partial charge in [0.05, 0.1) is 35.8 Å². The summed E-state index contributed by atoms with van der Waals surface area (Å²) in [6.45, 7) is 3.05. The first-order valence-electron chi connectivity index (χ1n) is 8.44. The van der Waals surface area contributed by atoms with Gasteiger partial charge >= 0.3 is 11.4 Å². The first-order valence-corrected chi connectivity index (χ1v) is 8.44. The van der Waals surface area contributed by atoms with Crippen LogP contribution in [0.25, 0.3) is 10.9 Å². The number of ether oxygens (including phenoxy) is 2. The summed E-state index contributed by atoms with van der Waals surface area (Å²) in [5.74, 6) is 0.116. The zero-order valence-electron chi connectivity index (χ0n) is 16.6. The van der Waals surface area contributed by atoms with E-state index >= 15 is 0 Å². The normalized spacial score (nSPS) is 10.0. The Balaban J connectivity index is 0.000000215. The number of anilines is 1. The Hall–Kier alpha value is -4.22. The number of aromatic amines is 1. The fourth-order valence-corrected chi connectivity index (χ4v) is 2.57. The summed E-state index contributed by atoms with van der Waals surface area (Å²) in [6.07, 6.45) is 1.53. The van der Waals surface area contributed by atoms with E-state index in [0.717, 1.165) is 0 Å². The fraction of sp³-hybridized carbons (Fsp3) is 0.222. The number of nitrogens with one attached hydrogen (secondary N) is 2. The maximum absolute atomic E-state index is 10.9. The van der Waals surface area contributed by atoms with E-state index in [9.17, 15) is 25.0 Å². The molecule has 0 fully saturated rings. The van der Waals surface area contributed by atoms with Crippen molar-refractivity contribution in [1.82, 2.24) is 10.2 Å². The van der Waals surface area contributed by atoms with Gasteiger partial charge in [0, 0.05) is 42.3 Å². The third-order valence-corrected chi connectivity index (χ3v) is 3.97. The minimum atomic E-state index is -0.524. The van der Waals surface area contributed by atoms with Gasteiger partial charge in [-0.25, -0.2) is 0 Å². The topological polar surface area (TPSA) is 163 Å². The van der Waals surface area contributed by atoms with Gasteiger partial charge < -0.3 is 14.8 Å². The van der Waals surface area contributed by atoms with Gasteiger partial charge in [-0.2, -0.15) is 5.10 Å². The van der Waals surface area contributed by atoms with Gasteiger partial charge in [-0.15, -0.1) is 0 Å². The van der Waals surface area contributed by atoms with Gasteiger partial charge in [0.25, 0.3) is 0 Å². The molecule has 0 aliphatic carbocycles. The summed E-state index contributed by atoms with van der Waals surface area (Å²) in [7, 11) is 2.74. The second kappa shape index (κ2) is 9.32. The van der Waals surface area contributed by atoms with Crippen LogP contribution >= 0.6 is 0 Å². The Labute approximate surface area is 170 Å². The molecule has 0 atom stereocenters. The summed E-state index contributed by atoms with van der Waals surface area (Å²) in [4.78, 5) is 31.2. The number of hydrogen-bond donors (Lipinski definition) is 2. The Morgan fingerprint density at radius 1 is 1.03 bits per heavy atom. The number of nitro benzene ring substituents is 2. The van der Waals surface area contributed by atoms with Crippen LogP contribution in [0.1, 0.15) is 12.5 Å². The van der Waals surface area contributed by atoms with E-state index < -0.39 is 9.85 Å². The van der Waals surface area contributed by atoms with Crippen molar-refractivity contribution in [3.8, 4) is 11.5 Å². The molecule has 1 amide bonds. The molecule has 0 spiro atoms. The van der Waals surface area contributed by atoms with E-state index in [4.69, 9.17) is 9.47 Å². The number of aryl methyl sites for hydroxylation is 1. The summed E-state index contributed by atoms with van der Waals surface area (Å²) in [5, 5.41) is 31.1. The number of methoxy groups -OCH3 is 2. The van der Waals surface area contributed by atoms with Gasteiger partial charge in [-0.1, -0.05) is 0 Å². The van der Waals surface area contributed by atoms with Crippen LogP contribution in [0.2, 0.25) is 0 Å². The number of nitro groups is 2. The molecule has 0 bridgehead atoms. The summed E-state index contributed by atoms with van der Waals surface area (Å²) < 4.78 is 9.79. The van der Waals surface area contributed by atoms with E-state index in [1.54, 1.807) is 13.0 Å². The molecule has 0 saturated carbocycles. The number of hydrogen-bond acceptors (Lipinski definition) is 8. The highest BCUT2D eigenvalue weighted by atomic mass is 16.6. The number of rotatable bonds is 5. The molecule has 1 heterocycles. The van der Waals surface area contributed by atoms with E-state index in [-0.39, 0.29) is 28.8 Å². The van der Waals surface area contributed by atoms with Crippen molar-refractivity contribution < 1.29 is 24.1 Å². The minimum absolute atomic E-state index is 0.0543. The molecule has 0 unspecified atom stereocenters. The number of fused-ring (bicyclic) bond motifs is 1. The lowest BCUT2D eigenvalue weighted by molar-refractivity contribution is -0.385. The van der Waals surface area contributed by atoms with Crippen molar-refractivity contribution in [2.75, 3.05) is 19.5 Å². The molecular weight excluding hydrogens is 398 g/mol. The molecule has 2 N–H and O–H groups in total. The number of H-pyrrole nitrogens is 1. The SMILES string of the molecule is COc1cc(NC(C)=O)c(C)cc1[N+](=O)[O-].COc1cc2[nH]ncc2cc1[N+](=O)[O-]. The number of carbonyl (C=O) groups excluding carboxylic acids is 1. The average Bonchev–Trinajstić information content (AvgIpc) is 3.15. The summed E-state index contributed by atoms with van der Waals surface area (Å²) in [5.41, 5.74) is 1.67. The smallest absolute Gasteiger partial charge is 0.311 e. The van der Waals surface area contributed by atoms with Crippen molar-refractivity contribution in [1.29, 1.82) is 0 Å². The van der Waals surface area contributed by atoms with Crippen molar-refractivity contribution >= 4 is 33.9 Å². The fourth-order valence-electron chi connectivity index (χ4n) is 2.57. The molecular formula is C18H19N5O7. The third-order valence-electron chi connectivity index (χ3n) is 3.97. The lowest BCUT2D eigenvalue weighted by Crippen LogP contribution is -2.08. The van der Waals surface area contributed by atoms with Crippen LogP contribution in [0.4, 0.5) is 17.1 Å². The van der Waals surface area contributed by atoms with Crippen LogP contribution in [0, 0.1) is 27.2 Å². The van der Waals surface area contributed by atoms with Crippen molar-refractivity contribution in [3.05, 3.63) is 56.3 Å². The summed E-state index contributed by atoms with van der Waals surface area (Å²) >= 11 is 0. The molecule has 12 nitrogen and oxygen atoms in total. The molecule has 0 radical (unpaired) electrons. The average molecular weight is 417 g/mol. The number of amides is 1. The first-order chi connectivity index (χ1) is 14.2. The Kier molecular flexibility index (Phi) is 6.86. The molecule has 30 heavy (non-hydrogen) atoms. The zero-order valence-corrected chi connectivity index (χ0v) is 16.6. The van der Waals surface area contributed by atoms with Crippen LogP contribution in [-0.4, -0.2) is 40.2 Å². The van der Waals surface area contributed by atoms with Crippen LogP contribution in [0.5, 0.6) is 11.5 Å². The number of carbonyl (C=O) groups is 1. The van der Waals surface area contributed by atoms with Crippen LogP contribution in [-0.2, 0) is 4.79 Å². The van der Waals surface area contributed by atoms with Gasteiger partial charge in [-0.05, 0) is 12.5 Å². The molecule has 0 aliphatic heterocycles. The Morgan fingerprint density at radius 3 is 2.13 bits per heavy atom. The van der Waals surface area contributed by atoms with E-state index in [0.29, 0.717) is 22.2 Å². The van der Waals surface area contributed by atoms with Crippen molar-refractivity contribution in [2.45, 2.75) is 13.8 Å². The maximum Gasteiger partial charge on any atom is 0.311 e. The number of nitrogens with zero attached hydrogens (tertiary/aromatic N) is 3. The lowest BCUT2D eigenvalue weighted by atomic mass is 10.1. The highest BCUT2D eigenvalue weighted by molar-refractivity contribution is 5.90. The minimum Gasteiger partial charge on any atom is -0.490 e. The molecule has 3 aromatic rings. The quantitative estimate of drug-likeness (QED) is 0.471. The molecule has 1 aromatic heterocycles. The summed E-state index contributed by atoms with van der Waals surface area (Å²) in [6, 6.07) is 5.79. The zero-order chi connectivity index (χ0) is 22.4. The molecule has 0 saturated heterocycles. The lowest BCUT2D eigenvalue weighted by Gasteiger charge is -2.09. The number of benzene rings is 2. The van der Waals surface area contributed by atoms with Gasteiger partial charge in [0.1, 0.15) is 0 Å². The van der Waals surface area contributed by atoms with Crippen LogP contribution < -0.4 is 14.8 Å². The van der Waals surface area contributed by atoms with E-state index in [1.807, 2.05) is 0 Å². The molecule has 12 heteroatoms. The number of aromatic nitrogens is 2. The second-order valence-electron chi connectivity index (χ2n) is 6.02. The van der Waals surface area contributed by atoms with Crippen LogP contribution in [0.15, 0.2) is 30.5 Å². The van der Waals surface area contributed by atoms with E-state index in [2.05, 4.69) is 15.5 Å². The van der Waals surface area contributed by atoms with Crippen molar-refractivity contribution in [2.24, 2.45) is 0 Å². The predicted molar refractivity (Wildman–Crippen MR) is 108 cm³/mol. The van der Waals surface area contributed by atoms with Crippen LogP contribution in [0.3, 0.4) is 0 Å². The molecule has 0 aliphatic rings.